The van der Waals surface area contributed by atoms with Gasteiger partial charge in [0.05, 0.1) is 0 Å². The van der Waals surface area contributed by atoms with Gasteiger partial charge in [0.25, 0.3) is 0 Å². The summed E-state index contributed by atoms with van der Waals surface area (Å²) in [6.07, 6.45) is 7.56. The highest BCUT2D eigenvalue weighted by Gasteiger charge is 2.20. The van der Waals surface area contributed by atoms with Crippen LogP contribution in [0.2, 0.25) is 0 Å². The third-order valence-corrected chi connectivity index (χ3v) is 6.50. The lowest BCUT2D eigenvalue weighted by Gasteiger charge is -2.32. The average Bonchev–Trinajstić information content (AvgIpc) is 2.75. The minimum Gasteiger partial charge on any atom is -0.345 e. The molecule has 1 saturated carbocycles. The van der Waals surface area contributed by atoms with Crippen LogP contribution in [-0.4, -0.2) is 67.4 Å². The van der Waals surface area contributed by atoms with E-state index in [4.69, 9.17) is 0 Å². The molecule has 0 bridgehead atoms. The van der Waals surface area contributed by atoms with E-state index in [1.165, 1.54) is 24.8 Å². The summed E-state index contributed by atoms with van der Waals surface area (Å²) in [6.45, 7) is 7.37. The average molecular weight is 415 g/mol. The number of likely N-dealkylation sites (N-methyl/N-ethyl adjacent to an activating group) is 1. The summed E-state index contributed by atoms with van der Waals surface area (Å²) in [5.74, 6) is 0.299. The zero-order valence-electron chi connectivity index (χ0n) is 18.7. The zero-order valence-corrected chi connectivity index (χ0v) is 18.7. The van der Waals surface area contributed by atoms with Crippen molar-refractivity contribution >= 4 is 17.5 Å². The topological polar surface area (TPSA) is 64.7 Å². The van der Waals surface area contributed by atoms with Gasteiger partial charge in [0.1, 0.15) is 6.04 Å². The molecule has 6 nitrogen and oxygen atoms in total. The molecule has 6 heteroatoms. The van der Waals surface area contributed by atoms with Gasteiger partial charge in [-0.2, -0.15) is 0 Å². The molecule has 2 amide bonds. The molecule has 1 heterocycles. The minimum atomic E-state index is -0.530. The summed E-state index contributed by atoms with van der Waals surface area (Å²) in [7, 11) is 2.17. The van der Waals surface area contributed by atoms with E-state index in [0.29, 0.717) is 12.3 Å². The molecule has 1 atom stereocenters. The van der Waals surface area contributed by atoms with Crippen LogP contribution in [0, 0.1) is 5.92 Å². The molecule has 1 aromatic carbocycles. The number of amides is 2. The van der Waals surface area contributed by atoms with Crippen molar-refractivity contribution in [3.63, 3.8) is 0 Å². The van der Waals surface area contributed by atoms with Gasteiger partial charge in [-0.15, -0.1) is 0 Å². The molecule has 1 unspecified atom stereocenters. The van der Waals surface area contributed by atoms with E-state index >= 15 is 0 Å². The largest absolute Gasteiger partial charge is 0.345 e. The van der Waals surface area contributed by atoms with Crippen LogP contribution >= 0.6 is 0 Å². The van der Waals surface area contributed by atoms with Gasteiger partial charge in [0.15, 0.2) is 0 Å². The predicted molar refractivity (Wildman–Crippen MR) is 122 cm³/mol. The smallest absolute Gasteiger partial charge is 0.246 e. The third-order valence-electron chi connectivity index (χ3n) is 6.50. The fourth-order valence-electron chi connectivity index (χ4n) is 4.38. The number of carbonyl (C=O) groups is 2. The van der Waals surface area contributed by atoms with E-state index < -0.39 is 6.04 Å². The summed E-state index contributed by atoms with van der Waals surface area (Å²) >= 11 is 0. The van der Waals surface area contributed by atoms with Crippen LogP contribution in [0.3, 0.4) is 0 Å². The zero-order chi connectivity index (χ0) is 21.3. The quantitative estimate of drug-likeness (QED) is 0.687. The summed E-state index contributed by atoms with van der Waals surface area (Å²) < 4.78 is 0. The van der Waals surface area contributed by atoms with Crippen molar-refractivity contribution in [2.24, 2.45) is 5.92 Å². The third kappa shape index (κ3) is 7.40. The molecule has 0 aromatic heterocycles. The maximum absolute atomic E-state index is 12.4. The normalized spacial score (nSPS) is 19.9. The number of nitrogens with one attached hydrogen (secondary N) is 2. The number of anilines is 1. The van der Waals surface area contributed by atoms with Crippen molar-refractivity contribution in [3.05, 3.63) is 29.8 Å². The first kappa shape index (κ1) is 22.8. The Morgan fingerprint density at radius 1 is 1.03 bits per heavy atom. The van der Waals surface area contributed by atoms with Gasteiger partial charge in [-0.05, 0) is 56.8 Å². The van der Waals surface area contributed by atoms with Gasteiger partial charge in [-0.25, -0.2) is 0 Å². The Hall–Kier alpha value is -1.92. The van der Waals surface area contributed by atoms with Crippen molar-refractivity contribution < 1.29 is 9.59 Å². The van der Waals surface area contributed by atoms with Crippen molar-refractivity contribution in [1.82, 2.24) is 15.1 Å². The van der Waals surface area contributed by atoms with E-state index in [-0.39, 0.29) is 11.8 Å². The molecular formula is C24H38N4O2. The Bertz CT molecular complexity index is 677. The molecule has 1 saturated heterocycles. The number of nitrogens with zero attached hydrogens (tertiary/aromatic N) is 2. The first-order chi connectivity index (χ1) is 14.5. The van der Waals surface area contributed by atoms with Crippen molar-refractivity contribution in [2.45, 2.75) is 57.9 Å². The molecule has 2 fully saturated rings. The fourth-order valence-corrected chi connectivity index (χ4v) is 4.38. The maximum atomic E-state index is 12.4. The predicted octanol–water partition coefficient (Wildman–Crippen LogP) is 2.89. The second-order valence-corrected chi connectivity index (χ2v) is 9.08. The van der Waals surface area contributed by atoms with Gasteiger partial charge >= 0.3 is 0 Å². The van der Waals surface area contributed by atoms with Crippen molar-refractivity contribution in [1.29, 1.82) is 0 Å². The lowest BCUT2D eigenvalue weighted by atomic mass is 9.87. The monoisotopic (exact) mass is 414 g/mol. The molecule has 1 aliphatic heterocycles. The molecule has 0 spiro atoms. The highest BCUT2D eigenvalue weighted by atomic mass is 16.2. The molecule has 166 valence electrons. The van der Waals surface area contributed by atoms with Gasteiger partial charge in [-0.1, -0.05) is 31.4 Å². The lowest BCUT2D eigenvalue weighted by molar-refractivity contribution is -0.126. The van der Waals surface area contributed by atoms with Gasteiger partial charge < -0.3 is 20.4 Å². The van der Waals surface area contributed by atoms with Crippen LogP contribution in [0.1, 0.15) is 51.0 Å². The number of carbonyl (C=O) groups excluding carboxylic acids is 2. The second kappa shape index (κ2) is 11.5. The Morgan fingerprint density at radius 3 is 2.37 bits per heavy atom. The van der Waals surface area contributed by atoms with Crippen LogP contribution in [0.15, 0.2) is 24.3 Å². The van der Waals surface area contributed by atoms with Gasteiger partial charge in [0, 0.05) is 44.8 Å². The van der Waals surface area contributed by atoms with E-state index in [1.54, 1.807) is 6.92 Å². The molecule has 2 aliphatic rings. The molecule has 30 heavy (non-hydrogen) atoms. The van der Waals surface area contributed by atoms with Crippen molar-refractivity contribution in [2.75, 3.05) is 45.1 Å². The van der Waals surface area contributed by atoms with E-state index in [2.05, 4.69) is 39.6 Å². The number of rotatable bonds is 8. The van der Waals surface area contributed by atoms with Crippen LogP contribution < -0.4 is 10.6 Å². The van der Waals surface area contributed by atoms with Crippen LogP contribution in [0.25, 0.3) is 0 Å². The van der Waals surface area contributed by atoms with Gasteiger partial charge in [-0.3, -0.25) is 9.59 Å². The molecule has 2 N–H and O–H groups in total. The molecule has 1 aliphatic carbocycles. The van der Waals surface area contributed by atoms with E-state index in [1.807, 2.05) is 12.1 Å². The Kier molecular flexibility index (Phi) is 8.70. The highest BCUT2D eigenvalue weighted by Crippen LogP contribution is 2.26. The fraction of sp³-hybridized carbons (Fsp3) is 0.667. The lowest BCUT2D eigenvalue weighted by Crippen LogP contribution is -2.45. The summed E-state index contributed by atoms with van der Waals surface area (Å²) in [5, 5.41) is 5.78. The van der Waals surface area contributed by atoms with Crippen LogP contribution in [0.4, 0.5) is 5.69 Å². The molecule has 1 aromatic rings. The molecular weight excluding hydrogens is 376 g/mol. The Labute approximate surface area is 181 Å². The van der Waals surface area contributed by atoms with Crippen LogP contribution in [-0.2, 0) is 16.0 Å². The van der Waals surface area contributed by atoms with Crippen LogP contribution in [0.5, 0.6) is 0 Å². The molecule has 3 rings (SSSR count). The molecule has 0 radical (unpaired) electrons. The summed E-state index contributed by atoms with van der Waals surface area (Å²) in [6, 6.07) is 7.54. The number of hydrogen-bond donors (Lipinski definition) is 2. The summed E-state index contributed by atoms with van der Waals surface area (Å²) in [4.78, 5) is 29.6. The number of hydrogen-bond acceptors (Lipinski definition) is 4. The number of benzene rings is 1. The maximum Gasteiger partial charge on any atom is 0.246 e. The Morgan fingerprint density at radius 2 is 1.70 bits per heavy atom. The number of piperazine rings is 1. The first-order valence-corrected chi connectivity index (χ1v) is 11.6. The van der Waals surface area contributed by atoms with Crippen molar-refractivity contribution in [3.8, 4) is 0 Å². The standard InChI is InChI=1S/C24H38N4O2/c1-19(25-23(29)18-21-6-4-3-5-7-21)24(30)26-22-10-8-20(9-11-22)12-13-28-16-14-27(2)15-17-28/h8-11,19,21H,3-7,12-18H2,1-2H3,(H,25,29)(H,26,30). The van der Waals surface area contributed by atoms with Gasteiger partial charge in [0.2, 0.25) is 11.8 Å². The first-order valence-electron chi connectivity index (χ1n) is 11.6. The van der Waals surface area contributed by atoms with E-state index in [0.717, 1.165) is 57.7 Å². The SMILES string of the molecule is CC(NC(=O)CC1CCCCC1)C(=O)Nc1ccc(CCN2CCN(C)CC2)cc1. The highest BCUT2D eigenvalue weighted by molar-refractivity contribution is 5.96. The summed E-state index contributed by atoms with van der Waals surface area (Å²) in [5.41, 5.74) is 2.05. The van der Waals surface area contributed by atoms with E-state index in [9.17, 15) is 9.59 Å². The Balaban J connectivity index is 1.38. The minimum absolute atomic E-state index is 0.0104. The second-order valence-electron chi connectivity index (χ2n) is 9.08.